The van der Waals surface area contributed by atoms with E-state index in [0.29, 0.717) is 5.56 Å². The van der Waals surface area contributed by atoms with Crippen LogP contribution in [-0.4, -0.2) is 49.9 Å². The van der Waals surface area contributed by atoms with Gasteiger partial charge in [0.2, 0.25) is 0 Å². The molecule has 0 atom stereocenters. The van der Waals surface area contributed by atoms with Crippen LogP contribution in [0.25, 0.3) is 0 Å². The van der Waals surface area contributed by atoms with Gasteiger partial charge in [-0.05, 0) is 64.4 Å². The fourth-order valence-corrected chi connectivity index (χ4v) is 2.86. The third-order valence-electron chi connectivity index (χ3n) is 4.11. The number of hydrogen-bond donors (Lipinski definition) is 0. The van der Waals surface area contributed by atoms with E-state index in [2.05, 4.69) is 28.9 Å². The van der Waals surface area contributed by atoms with Crippen molar-refractivity contribution in [3.05, 3.63) is 23.4 Å². The molecule has 0 aromatic carbocycles. The summed E-state index contributed by atoms with van der Waals surface area (Å²) in [5.74, 6) is 1.88. The maximum atomic E-state index is 10.8. The summed E-state index contributed by atoms with van der Waals surface area (Å²) < 4.78 is 0. The van der Waals surface area contributed by atoms with E-state index >= 15 is 0 Å². The summed E-state index contributed by atoms with van der Waals surface area (Å²) in [6.45, 7) is 5.36. The van der Waals surface area contributed by atoms with Crippen molar-refractivity contribution in [3.63, 3.8) is 0 Å². The first-order valence-corrected chi connectivity index (χ1v) is 7.41. The zero-order valence-electron chi connectivity index (χ0n) is 12.8. The number of pyridine rings is 1. The molecule has 0 unspecified atom stereocenters. The highest BCUT2D eigenvalue weighted by molar-refractivity contribution is 5.75. The minimum absolute atomic E-state index is 0.659. The smallest absolute Gasteiger partial charge is 0.151 e. The maximum absolute atomic E-state index is 10.8. The minimum atomic E-state index is 0.659. The lowest BCUT2D eigenvalue weighted by Crippen LogP contribution is -2.35. The Bertz CT molecular complexity index is 451. The molecule has 1 aliphatic rings. The van der Waals surface area contributed by atoms with Crippen LogP contribution in [-0.2, 0) is 0 Å². The third-order valence-corrected chi connectivity index (χ3v) is 4.11. The Hall–Kier alpha value is -1.42. The van der Waals surface area contributed by atoms with E-state index in [9.17, 15) is 4.79 Å². The summed E-state index contributed by atoms with van der Waals surface area (Å²) in [5.41, 5.74) is 1.76. The molecule has 1 fully saturated rings. The van der Waals surface area contributed by atoms with Gasteiger partial charge in [-0.15, -0.1) is 0 Å². The van der Waals surface area contributed by atoms with Gasteiger partial charge in [0, 0.05) is 24.8 Å². The van der Waals surface area contributed by atoms with Gasteiger partial charge in [0.25, 0.3) is 0 Å². The molecule has 1 aliphatic heterocycles. The Kier molecular flexibility index (Phi) is 5.12. The number of piperidine rings is 1. The summed E-state index contributed by atoms with van der Waals surface area (Å²) >= 11 is 0. The number of carbonyl (C=O) groups is 1. The molecule has 0 saturated carbocycles. The molecule has 0 amide bonds. The molecule has 0 spiro atoms. The molecule has 0 N–H and O–H groups in total. The highest BCUT2D eigenvalue weighted by Gasteiger charge is 2.21. The monoisotopic (exact) mass is 275 g/mol. The third kappa shape index (κ3) is 3.79. The molecule has 1 saturated heterocycles. The number of rotatable bonds is 5. The Morgan fingerprint density at radius 2 is 2.10 bits per heavy atom. The molecule has 2 rings (SSSR count). The topological polar surface area (TPSA) is 36.4 Å². The molecule has 20 heavy (non-hydrogen) atoms. The van der Waals surface area contributed by atoms with Crippen LogP contribution in [0.4, 0.5) is 5.82 Å². The van der Waals surface area contributed by atoms with Gasteiger partial charge in [-0.1, -0.05) is 0 Å². The van der Waals surface area contributed by atoms with Crippen LogP contribution >= 0.6 is 0 Å². The van der Waals surface area contributed by atoms with Gasteiger partial charge in [-0.3, -0.25) is 4.79 Å². The number of aromatic nitrogens is 1. The Morgan fingerprint density at radius 3 is 2.65 bits per heavy atom. The first kappa shape index (κ1) is 15.0. The number of hydrogen-bond acceptors (Lipinski definition) is 4. The zero-order valence-corrected chi connectivity index (χ0v) is 12.8. The summed E-state index contributed by atoms with van der Waals surface area (Å²) in [6.07, 6.45) is 6.30. The lowest BCUT2D eigenvalue weighted by molar-refractivity contribution is 0.112. The molecule has 4 heteroatoms. The Labute approximate surface area is 121 Å². The molecule has 2 heterocycles. The zero-order chi connectivity index (χ0) is 14.5. The minimum Gasteiger partial charge on any atom is -0.356 e. The molecular weight excluding hydrogens is 250 g/mol. The van der Waals surface area contributed by atoms with Crippen molar-refractivity contribution in [2.45, 2.75) is 26.2 Å². The van der Waals surface area contributed by atoms with E-state index < -0.39 is 0 Å². The van der Waals surface area contributed by atoms with Crippen LogP contribution in [0, 0.1) is 12.8 Å². The van der Waals surface area contributed by atoms with Gasteiger partial charge in [0.15, 0.2) is 6.29 Å². The van der Waals surface area contributed by atoms with Gasteiger partial charge < -0.3 is 9.80 Å². The molecule has 0 bridgehead atoms. The Morgan fingerprint density at radius 1 is 1.40 bits per heavy atom. The largest absolute Gasteiger partial charge is 0.356 e. The lowest BCUT2D eigenvalue weighted by Gasteiger charge is -2.34. The number of aryl methyl sites for hydroxylation is 1. The lowest BCUT2D eigenvalue weighted by atomic mass is 9.93. The number of anilines is 1. The average Bonchev–Trinajstić information content (AvgIpc) is 2.45. The summed E-state index contributed by atoms with van der Waals surface area (Å²) in [5, 5.41) is 0. The van der Waals surface area contributed by atoms with Crippen LogP contribution in [0.2, 0.25) is 0 Å². The van der Waals surface area contributed by atoms with Gasteiger partial charge >= 0.3 is 0 Å². The standard InChI is InChI=1S/C16H25N3O/c1-13-10-15(12-20)11-17-16(13)19-8-5-14(6-9-19)4-7-18(2)3/h10-12,14H,4-9H2,1-3H3. The summed E-state index contributed by atoms with van der Waals surface area (Å²) in [6, 6.07) is 1.92. The van der Waals surface area contributed by atoms with Crippen molar-refractivity contribution >= 4 is 12.1 Å². The van der Waals surface area contributed by atoms with Crippen LogP contribution in [0.5, 0.6) is 0 Å². The maximum Gasteiger partial charge on any atom is 0.151 e. The fourth-order valence-electron chi connectivity index (χ4n) is 2.86. The van der Waals surface area contributed by atoms with Gasteiger partial charge in [0.05, 0.1) is 0 Å². The van der Waals surface area contributed by atoms with Crippen LogP contribution in [0.1, 0.15) is 35.2 Å². The molecule has 1 aromatic heterocycles. The van der Waals surface area contributed by atoms with E-state index in [1.807, 2.05) is 13.0 Å². The molecule has 0 aliphatic carbocycles. The van der Waals surface area contributed by atoms with Crippen molar-refractivity contribution in [1.82, 2.24) is 9.88 Å². The van der Waals surface area contributed by atoms with E-state index in [-0.39, 0.29) is 0 Å². The second kappa shape index (κ2) is 6.84. The SMILES string of the molecule is Cc1cc(C=O)cnc1N1CCC(CCN(C)C)CC1. The van der Waals surface area contributed by atoms with E-state index in [1.54, 1.807) is 6.20 Å². The summed E-state index contributed by atoms with van der Waals surface area (Å²) in [7, 11) is 4.27. The highest BCUT2D eigenvalue weighted by Crippen LogP contribution is 2.26. The predicted molar refractivity (Wildman–Crippen MR) is 82.5 cm³/mol. The van der Waals surface area contributed by atoms with Crippen LogP contribution < -0.4 is 4.90 Å². The molecule has 0 radical (unpaired) electrons. The molecule has 1 aromatic rings. The molecule has 4 nitrogen and oxygen atoms in total. The molecule has 110 valence electrons. The second-order valence-corrected chi connectivity index (χ2v) is 6.05. The first-order chi connectivity index (χ1) is 9.60. The van der Waals surface area contributed by atoms with Crippen molar-refractivity contribution < 1.29 is 4.79 Å². The predicted octanol–water partition coefficient (Wildman–Crippen LogP) is 2.37. The normalized spacial score (nSPS) is 16.7. The van der Waals surface area contributed by atoms with Crippen molar-refractivity contribution in [1.29, 1.82) is 0 Å². The van der Waals surface area contributed by atoms with Crippen molar-refractivity contribution in [3.8, 4) is 0 Å². The number of aldehydes is 1. The second-order valence-electron chi connectivity index (χ2n) is 6.05. The van der Waals surface area contributed by atoms with E-state index in [4.69, 9.17) is 0 Å². The van der Waals surface area contributed by atoms with Crippen molar-refractivity contribution in [2.24, 2.45) is 5.92 Å². The fraction of sp³-hybridized carbons (Fsp3) is 0.625. The first-order valence-electron chi connectivity index (χ1n) is 7.41. The van der Waals surface area contributed by atoms with Crippen LogP contribution in [0.3, 0.4) is 0 Å². The van der Waals surface area contributed by atoms with Gasteiger partial charge in [0.1, 0.15) is 5.82 Å². The number of carbonyl (C=O) groups excluding carboxylic acids is 1. The van der Waals surface area contributed by atoms with Gasteiger partial charge in [-0.2, -0.15) is 0 Å². The average molecular weight is 275 g/mol. The highest BCUT2D eigenvalue weighted by atomic mass is 16.1. The van der Waals surface area contributed by atoms with Crippen molar-refractivity contribution in [2.75, 3.05) is 38.6 Å². The van der Waals surface area contributed by atoms with E-state index in [1.165, 1.54) is 25.8 Å². The molecular formula is C16H25N3O. The summed E-state index contributed by atoms with van der Waals surface area (Å²) in [4.78, 5) is 19.8. The Balaban J connectivity index is 1.92. The van der Waals surface area contributed by atoms with Crippen LogP contribution in [0.15, 0.2) is 12.3 Å². The van der Waals surface area contributed by atoms with Gasteiger partial charge in [-0.25, -0.2) is 4.98 Å². The number of nitrogens with zero attached hydrogens (tertiary/aromatic N) is 3. The van der Waals surface area contributed by atoms with E-state index in [0.717, 1.165) is 36.7 Å². The quantitative estimate of drug-likeness (QED) is 0.773.